The fourth-order valence-electron chi connectivity index (χ4n) is 3.51. The molecule has 0 spiro atoms. The maximum atomic E-state index is 4.53. The van der Waals surface area contributed by atoms with Crippen LogP contribution in [0.3, 0.4) is 0 Å². The van der Waals surface area contributed by atoms with E-state index in [9.17, 15) is 0 Å². The van der Waals surface area contributed by atoms with Crippen LogP contribution in [-0.4, -0.2) is 15.6 Å². The van der Waals surface area contributed by atoms with Crippen LogP contribution in [0.15, 0.2) is 42.7 Å². The zero-order valence-corrected chi connectivity index (χ0v) is 13.0. The molecule has 2 atom stereocenters. The van der Waals surface area contributed by atoms with E-state index in [1.165, 1.54) is 25.7 Å². The van der Waals surface area contributed by atoms with Gasteiger partial charge < -0.3 is 5.32 Å². The van der Waals surface area contributed by atoms with E-state index in [1.807, 2.05) is 18.5 Å². The predicted molar refractivity (Wildman–Crippen MR) is 87.8 cm³/mol. The van der Waals surface area contributed by atoms with Gasteiger partial charge in [-0.15, -0.1) is 0 Å². The molecule has 3 nitrogen and oxygen atoms in total. The molecule has 2 aromatic rings. The van der Waals surface area contributed by atoms with Gasteiger partial charge in [0.05, 0.1) is 0 Å². The molecule has 1 N–H and O–H groups in total. The quantitative estimate of drug-likeness (QED) is 0.895. The van der Waals surface area contributed by atoms with E-state index >= 15 is 0 Å². The maximum absolute atomic E-state index is 4.53. The van der Waals surface area contributed by atoms with Gasteiger partial charge in [-0.25, -0.2) is 4.98 Å². The van der Waals surface area contributed by atoms with Crippen LogP contribution in [0.1, 0.15) is 39.5 Å². The van der Waals surface area contributed by atoms with E-state index in [-0.39, 0.29) is 0 Å². The Balaban J connectivity index is 1.80. The number of nitrogens with one attached hydrogen (secondary N) is 1. The molecule has 0 radical (unpaired) electrons. The van der Waals surface area contributed by atoms with Gasteiger partial charge >= 0.3 is 0 Å². The Bertz CT molecular complexity index is 559. The summed E-state index contributed by atoms with van der Waals surface area (Å²) in [5.41, 5.74) is 1.16. The molecule has 0 saturated heterocycles. The number of imidazole rings is 1. The minimum atomic E-state index is 0.545. The average Bonchev–Trinajstić information content (AvgIpc) is 2.96. The first-order valence-electron chi connectivity index (χ1n) is 8.11. The van der Waals surface area contributed by atoms with Crippen molar-refractivity contribution in [2.24, 2.45) is 11.8 Å². The Morgan fingerprint density at radius 3 is 2.67 bits per heavy atom. The molecule has 2 unspecified atom stereocenters. The smallest absolute Gasteiger partial charge is 0.207 e. The number of hydrogen-bond donors (Lipinski definition) is 1. The van der Waals surface area contributed by atoms with Gasteiger partial charge in [-0.3, -0.25) is 4.57 Å². The molecule has 21 heavy (non-hydrogen) atoms. The molecule has 0 aliphatic heterocycles. The lowest BCUT2D eigenvalue weighted by Crippen LogP contribution is -2.36. The Morgan fingerprint density at radius 2 is 1.90 bits per heavy atom. The molecule has 1 fully saturated rings. The monoisotopic (exact) mass is 283 g/mol. The molecule has 3 heteroatoms. The van der Waals surface area contributed by atoms with E-state index in [0.29, 0.717) is 6.04 Å². The first kappa shape index (κ1) is 14.2. The fourth-order valence-corrected chi connectivity index (χ4v) is 3.51. The zero-order chi connectivity index (χ0) is 14.7. The zero-order valence-electron chi connectivity index (χ0n) is 13.0. The van der Waals surface area contributed by atoms with Gasteiger partial charge in [-0.2, -0.15) is 0 Å². The standard InChI is InChI=1S/C18H25N3/c1-14(2)16-10-6-7-11-17(16)20-18-19-12-13-21(18)15-8-4-3-5-9-15/h3-5,8-9,12-14,16-17H,6-7,10-11H2,1-2H3,(H,19,20). The maximum Gasteiger partial charge on any atom is 0.207 e. The predicted octanol–water partition coefficient (Wildman–Crippen LogP) is 4.50. The normalized spacial score (nSPS) is 22.4. The number of aromatic nitrogens is 2. The third kappa shape index (κ3) is 3.12. The Morgan fingerprint density at radius 1 is 1.14 bits per heavy atom. The molecule has 0 amide bonds. The minimum Gasteiger partial charge on any atom is -0.352 e. The summed E-state index contributed by atoms with van der Waals surface area (Å²) in [7, 11) is 0. The highest BCUT2D eigenvalue weighted by Gasteiger charge is 2.28. The lowest BCUT2D eigenvalue weighted by Gasteiger charge is -2.35. The SMILES string of the molecule is CC(C)C1CCCCC1Nc1nccn1-c1ccccc1. The third-order valence-electron chi connectivity index (χ3n) is 4.67. The van der Waals surface area contributed by atoms with Gasteiger partial charge in [0, 0.05) is 24.1 Å². The second kappa shape index (κ2) is 6.33. The molecular formula is C18H25N3. The summed E-state index contributed by atoms with van der Waals surface area (Å²) in [4.78, 5) is 4.53. The summed E-state index contributed by atoms with van der Waals surface area (Å²) in [5.74, 6) is 2.45. The van der Waals surface area contributed by atoms with Crippen molar-refractivity contribution in [2.45, 2.75) is 45.6 Å². The van der Waals surface area contributed by atoms with E-state index in [2.05, 4.69) is 53.0 Å². The molecule has 3 rings (SSSR count). The van der Waals surface area contributed by atoms with Crippen LogP contribution in [0.25, 0.3) is 5.69 Å². The van der Waals surface area contributed by atoms with Crippen molar-refractivity contribution in [3.05, 3.63) is 42.7 Å². The second-order valence-electron chi connectivity index (χ2n) is 6.40. The number of nitrogens with zero attached hydrogens (tertiary/aromatic N) is 2. The number of rotatable bonds is 4. The summed E-state index contributed by atoms with van der Waals surface area (Å²) in [6, 6.07) is 11.0. The molecular weight excluding hydrogens is 258 g/mol. The topological polar surface area (TPSA) is 29.9 Å². The summed E-state index contributed by atoms with van der Waals surface area (Å²) >= 11 is 0. The molecule has 1 saturated carbocycles. The van der Waals surface area contributed by atoms with E-state index in [1.54, 1.807) is 0 Å². The van der Waals surface area contributed by atoms with Crippen molar-refractivity contribution in [1.29, 1.82) is 0 Å². The molecule has 1 aromatic heterocycles. The van der Waals surface area contributed by atoms with Crippen LogP contribution in [0, 0.1) is 11.8 Å². The summed E-state index contributed by atoms with van der Waals surface area (Å²) in [6.45, 7) is 4.68. The molecule has 0 bridgehead atoms. The Hall–Kier alpha value is -1.77. The third-order valence-corrected chi connectivity index (χ3v) is 4.67. The van der Waals surface area contributed by atoms with Crippen molar-refractivity contribution in [2.75, 3.05) is 5.32 Å². The van der Waals surface area contributed by atoms with Crippen LogP contribution < -0.4 is 5.32 Å². The lowest BCUT2D eigenvalue weighted by molar-refractivity contribution is 0.253. The van der Waals surface area contributed by atoms with Crippen LogP contribution >= 0.6 is 0 Å². The molecule has 1 heterocycles. The Kier molecular flexibility index (Phi) is 4.28. The van der Waals surface area contributed by atoms with E-state index in [4.69, 9.17) is 0 Å². The van der Waals surface area contributed by atoms with Gasteiger partial charge in [-0.05, 0) is 36.8 Å². The summed E-state index contributed by atoms with van der Waals surface area (Å²) in [6.07, 6.45) is 9.19. The van der Waals surface area contributed by atoms with Crippen LogP contribution in [-0.2, 0) is 0 Å². The van der Waals surface area contributed by atoms with Gasteiger partial charge in [0.15, 0.2) is 0 Å². The van der Waals surface area contributed by atoms with Crippen molar-refractivity contribution in [3.8, 4) is 5.69 Å². The number of hydrogen-bond acceptors (Lipinski definition) is 2. The van der Waals surface area contributed by atoms with Crippen LogP contribution in [0.2, 0.25) is 0 Å². The first-order chi connectivity index (χ1) is 10.3. The highest BCUT2D eigenvalue weighted by molar-refractivity contribution is 5.42. The number of para-hydroxylation sites is 1. The lowest BCUT2D eigenvalue weighted by atomic mass is 9.78. The first-order valence-corrected chi connectivity index (χ1v) is 8.11. The highest BCUT2D eigenvalue weighted by Crippen LogP contribution is 2.32. The van der Waals surface area contributed by atoms with E-state index < -0.39 is 0 Å². The van der Waals surface area contributed by atoms with Gasteiger partial charge in [0.1, 0.15) is 0 Å². The molecule has 1 aliphatic rings. The van der Waals surface area contributed by atoms with Gasteiger partial charge in [0.25, 0.3) is 0 Å². The highest BCUT2D eigenvalue weighted by atomic mass is 15.2. The number of anilines is 1. The summed E-state index contributed by atoms with van der Waals surface area (Å²) < 4.78 is 2.14. The van der Waals surface area contributed by atoms with E-state index in [0.717, 1.165) is 23.5 Å². The summed E-state index contributed by atoms with van der Waals surface area (Å²) in [5, 5.41) is 3.71. The number of benzene rings is 1. The molecule has 1 aromatic carbocycles. The Labute approximate surface area is 127 Å². The van der Waals surface area contributed by atoms with Gasteiger partial charge in [0.2, 0.25) is 5.95 Å². The van der Waals surface area contributed by atoms with Crippen molar-refractivity contribution >= 4 is 5.95 Å². The van der Waals surface area contributed by atoms with Crippen molar-refractivity contribution in [3.63, 3.8) is 0 Å². The van der Waals surface area contributed by atoms with Crippen molar-refractivity contribution in [1.82, 2.24) is 9.55 Å². The average molecular weight is 283 g/mol. The minimum absolute atomic E-state index is 0.545. The van der Waals surface area contributed by atoms with Crippen molar-refractivity contribution < 1.29 is 0 Å². The fraction of sp³-hybridized carbons (Fsp3) is 0.500. The van der Waals surface area contributed by atoms with Crippen LogP contribution in [0.5, 0.6) is 0 Å². The largest absolute Gasteiger partial charge is 0.352 e. The van der Waals surface area contributed by atoms with Gasteiger partial charge in [-0.1, -0.05) is 44.9 Å². The second-order valence-corrected chi connectivity index (χ2v) is 6.40. The van der Waals surface area contributed by atoms with Crippen LogP contribution in [0.4, 0.5) is 5.95 Å². The molecule has 112 valence electrons. The molecule has 1 aliphatic carbocycles.